The Balaban J connectivity index is 2.38. The third-order valence-corrected chi connectivity index (χ3v) is 3.97. The van der Waals surface area contributed by atoms with Crippen molar-refractivity contribution < 1.29 is 18.0 Å². The number of benzene rings is 1. The summed E-state index contributed by atoms with van der Waals surface area (Å²) >= 11 is 0. The normalized spacial score (nSPS) is 13.0. The highest BCUT2D eigenvalue weighted by molar-refractivity contribution is 5.96. The van der Waals surface area contributed by atoms with E-state index in [1.807, 2.05) is 6.92 Å². The Hall–Kier alpha value is -2.31. The summed E-state index contributed by atoms with van der Waals surface area (Å²) in [5.74, 6) is -0.676. The van der Waals surface area contributed by atoms with Crippen LogP contribution in [0.15, 0.2) is 24.3 Å². The van der Waals surface area contributed by atoms with Crippen molar-refractivity contribution in [2.24, 2.45) is 0 Å². The van der Waals surface area contributed by atoms with Gasteiger partial charge in [0.25, 0.3) is 5.91 Å². The Bertz CT molecular complexity index is 702. The highest BCUT2D eigenvalue weighted by Crippen LogP contribution is 2.33. The summed E-state index contributed by atoms with van der Waals surface area (Å²) in [5.41, 5.74) is 1.04. The second-order valence-electron chi connectivity index (χ2n) is 5.48. The van der Waals surface area contributed by atoms with Crippen LogP contribution in [0.5, 0.6) is 0 Å². The lowest BCUT2D eigenvalue weighted by Gasteiger charge is -2.26. The van der Waals surface area contributed by atoms with Gasteiger partial charge in [0.05, 0.1) is 22.9 Å². The molecule has 23 heavy (non-hydrogen) atoms. The molecule has 1 atom stereocenters. The average molecular weight is 325 g/mol. The van der Waals surface area contributed by atoms with Gasteiger partial charge in [0, 0.05) is 18.3 Å². The third-order valence-electron chi connectivity index (χ3n) is 3.97. The molecular weight excluding hydrogens is 307 g/mol. The Labute approximate surface area is 132 Å². The predicted molar refractivity (Wildman–Crippen MR) is 80.0 cm³/mol. The Morgan fingerprint density at radius 1 is 1.26 bits per heavy atom. The number of halogens is 3. The standard InChI is InChI=1S/C16H18F3N3O/c1-9-14(10(2)21-20-9)11(3)22(4)15(23)12-7-5-6-8-13(12)16(17,18)19/h5-8,11H,1-4H3,(H,20,21)/t11-/m1/s1. The van der Waals surface area contributed by atoms with Crippen LogP contribution in [0.4, 0.5) is 13.2 Å². The molecule has 4 nitrogen and oxygen atoms in total. The first-order valence-electron chi connectivity index (χ1n) is 7.09. The molecule has 1 heterocycles. The molecule has 2 rings (SSSR count). The minimum absolute atomic E-state index is 0.354. The zero-order chi connectivity index (χ0) is 17.4. The van der Waals surface area contributed by atoms with Gasteiger partial charge in [-0.2, -0.15) is 18.3 Å². The largest absolute Gasteiger partial charge is 0.417 e. The van der Waals surface area contributed by atoms with Gasteiger partial charge in [-0.3, -0.25) is 9.89 Å². The number of rotatable bonds is 3. The summed E-state index contributed by atoms with van der Waals surface area (Å²) in [5, 5.41) is 6.88. The Morgan fingerprint density at radius 3 is 2.39 bits per heavy atom. The minimum atomic E-state index is -4.57. The molecule has 1 N–H and O–H groups in total. The van der Waals surface area contributed by atoms with Crippen LogP contribution >= 0.6 is 0 Å². The lowest BCUT2D eigenvalue weighted by atomic mass is 10.0. The quantitative estimate of drug-likeness (QED) is 0.931. The number of nitrogens with zero attached hydrogens (tertiary/aromatic N) is 2. The number of alkyl halides is 3. The fourth-order valence-electron chi connectivity index (χ4n) is 2.65. The molecule has 0 fully saturated rings. The monoisotopic (exact) mass is 325 g/mol. The zero-order valence-corrected chi connectivity index (χ0v) is 13.3. The highest BCUT2D eigenvalue weighted by atomic mass is 19.4. The smallest absolute Gasteiger partial charge is 0.335 e. The molecule has 0 saturated carbocycles. The summed E-state index contributed by atoms with van der Waals surface area (Å²) < 4.78 is 39.3. The average Bonchev–Trinajstić information content (AvgIpc) is 2.83. The van der Waals surface area contributed by atoms with Crippen molar-refractivity contribution in [1.29, 1.82) is 0 Å². The van der Waals surface area contributed by atoms with Gasteiger partial charge in [-0.05, 0) is 32.9 Å². The Morgan fingerprint density at radius 2 is 1.87 bits per heavy atom. The first-order valence-corrected chi connectivity index (χ1v) is 7.09. The number of hydrogen-bond donors (Lipinski definition) is 1. The van der Waals surface area contributed by atoms with Crippen LogP contribution in [0.2, 0.25) is 0 Å². The first-order chi connectivity index (χ1) is 10.6. The van der Waals surface area contributed by atoms with Crippen molar-refractivity contribution in [2.75, 3.05) is 7.05 Å². The van der Waals surface area contributed by atoms with E-state index in [4.69, 9.17) is 0 Å². The van der Waals surface area contributed by atoms with Gasteiger partial charge in [-0.15, -0.1) is 0 Å². The van der Waals surface area contributed by atoms with Crippen LogP contribution in [0.3, 0.4) is 0 Å². The highest BCUT2D eigenvalue weighted by Gasteiger charge is 2.36. The summed E-state index contributed by atoms with van der Waals surface area (Å²) in [6.45, 7) is 5.37. The molecule has 0 aliphatic rings. The number of carbonyl (C=O) groups excluding carboxylic acids is 1. The van der Waals surface area contributed by atoms with Crippen LogP contribution in [0.25, 0.3) is 0 Å². The summed E-state index contributed by atoms with van der Waals surface area (Å²) in [4.78, 5) is 13.9. The second kappa shape index (κ2) is 6.06. The molecule has 0 spiro atoms. The second-order valence-corrected chi connectivity index (χ2v) is 5.48. The van der Waals surface area contributed by atoms with E-state index in [9.17, 15) is 18.0 Å². The van der Waals surface area contributed by atoms with Gasteiger partial charge < -0.3 is 4.90 Å². The minimum Gasteiger partial charge on any atom is -0.335 e. The van der Waals surface area contributed by atoms with E-state index in [2.05, 4.69) is 10.2 Å². The summed E-state index contributed by atoms with van der Waals surface area (Å²) in [7, 11) is 1.49. The number of aromatic nitrogens is 2. The number of aryl methyl sites for hydroxylation is 2. The van der Waals surface area contributed by atoms with Gasteiger partial charge in [0.2, 0.25) is 0 Å². The lowest BCUT2D eigenvalue weighted by Crippen LogP contribution is -2.31. The fourth-order valence-corrected chi connectivity index (χ4v) is 2.65. The predicted octanol–water partition coefficient (Wildman–Crippen LogP) is 3.88. The number of carbonyl (C=O) groups is 1. The molecule has 0 radical (unpaired) electrons. The number of H-pyrrole nitrogens is 1. The van der Waals surface area contributed by atoms with Crippen molar-refractivity contribution in [3.8, 4) is 0 Å². The molecule has 0 saturated heterocycles. The van der Waals surface area contributed by atoms with Crippen molar-refractivity contribution >= 4 is 5.91 Å². The van der Waals surface area contributed by atoms with Gasteiger partial charge in [-0.1, -0.05) is 12.1 Å². The first kappa shape index (κ1) is 17.1. The molecular formula is C16H18F3N3O. The van der Waals surface area contributed by atoms with Crippen LogP contribution in [0.1, 0.15) is 45.8 Å². The van der Waals surface area contributed by atoms with Gasteiger partial charge in [0.15, 0.2) is 0 Å². The Kier molecular flexibility index (Phi) is 4.49. The molecule has 124 valence electrons. The lowest BCUT2D eigenvalue weighted by molar-refractivity contribution is -0.138. The van der Waals surface area contributed by atoms with Gasteiger partial charge in [-0.25, -0.2) is 0 Å². The fraction of sp³-hybridized carbons (Fsp3) is 0.375. The van der Waals surface area contributed by atoms with E-state index in [1.54, 1.807) is 13.8 Å². The van der Waals surface area contributed by atoms with Crippen LogP contribution < -0.4 is 0 Å². The van der Waals surface area contributed by atoms with E-state index in [-0.39, 0.29) is 5.56 Å². The van der Waals surface area contributed by atoms with Crippen molar-refractivity contribution in [3.63, 3.8) is 0 Å². The molecule has 0 unspecified atom stereocenters. The molecule has 1 aromatic carbocycles. The van der Waals surface area contributed by atoms with E-state index in [0.29, 0.717) is 0 Å². The summed E-state index contributed by atoms with van der Waals surface area (Å²) in [6, 6.07) is 4.41. The molecule has 2 aromatic rings. The third kappa shape index (κ3) is 3.23. The van der Waals surface area contributed by atoms with Crippen LogP contribution in [0, 0.1) is 13.8 Å². The maximum atomic E-state index is 13.1. The van der Waals surface area contributed by atoms with Gasteiger partial charge >= 0.3 is 6.18 Å². The molecule has 0 bridgehead atoms. The molecule has 7 heteroatoms. The number of aromatic amines is 1. The van der Waals surface area contributed by atoms with Crippen molar-refractivity contribution in [2.45, 2.75) is 33.0 Å². The van der Waals surface area contributed by atoms with E-state index in [0.717, 1.165) is 23.0 Å². The zero-order valence-electron chi connectivity index (χ0n) is 13.3. The number of amides is 1. The SMILES string of the molecule is Cc1n[nH]c(C)c1[C@@H](C)N(C)C(=O)c1ccccc1C(F)(F)F. The number of hydrogen-bond acceptors (Lipinski definition) is 2. The molecule has 0 aliphatic heterocycles. The van der Waals surface area contributed by atoms with Crippen molar-refractivity contribution in [1.82, 2.24) is 15.1 Å². The van der Waals surface area contributed by atoms with Crippen LogP contribution in [-0.4, -0.2) is 28.1 Å². The van der Waals surface area contributed by atoms with Gasteiger partial charge in [0.1, 0.15) is 0 Å². The van der Waals surface area contributed by atoms with Crippen molar-refractivity contribution in [3.05, 3.63) is 52.3 Å². The van der Waals surface area contributed by atoms with E-state index in [1.165, 1.54) is 30.1 Å². The maximum absolute atomic E-state index is 13.1. The summed E-state index contributed by atoms with van der Waals surface area (Å²) in [6.07, 6.45) is -4.57. The van der Waals surface area contributed by atoms with Crippen LogP contribution in [-0.2, 0) is 6.18 Å². The maximum Gasteiger partial charge on any atom is 0.417 e. The van der Waals surface area contributed by atoms with E-state index < -0.39 is 23.7 Å². The number of nitrogens with one attached hydrogen (secondary N) is 1. The topological polar surface area (TPSA) is 49.0 Å². The molecule has 0 aliphatic carbocycles. The molecule has 1 aromatic heterocycles. The molecule has 1 amide bonds. The van der Waals surface area contributed by atoms with E-state index >= 15 is 0 Å².